The number of aromatic nitrogens is 3. The molecule has 7 heteroatoms. The topological polar surface area (TPSA) is 66.5 Å². The largest absolute Gasteiger partial charge is 0.376 e. The first-order valence-electron chi connectivity index (χ1n) is 7.17. The summed E-state index contributed by atoms with van der Waals surface area (Å²) >= 11 is 0. The van der Waals surface area contributed by atoms with Crippen LogP contribution in [0.25, 0.3) is 5.82 Å². The Morgan fingerprint density at radius 1 is 1.21 bits per heavy atom. The van der Waals surface area contributed by atoms with Crippen LogP contribution in [0.5, 0.6) is 0 Å². The molecule has 0 aliphatic rings. The normalized spacial score (nSPS) is 10.4. The third-order valence-electron chi connectivity index (χ3n) is 3.52. The number of halogens is 2. The second-order valence-electron chi connectivity index (χ2n) is 5.15. The zero-order valence-corrected chi connectivity index (χ0v) is 12.8. The van der Waals surface area contributed by atoms with Crippen molar-refractivity contribution in [2.45, 2.75) is 13.5 Å². The van der Waals surface area contributed by atoms with Crippen molar-refractivity contribution in [2.24, 2.45) is 0 Å². The summed E-state index contributed by atoms with van der Waals surface area (Å²) in [6.45, 7) is 2.07. The molecule has 0 radical (unpaired) electrons. The molecule has 0 aliphatic carbocycles. The third kappa shape index (κ3) is 3.08. The number of imidazole rings is 1. The van der Waals surface area contributed by atoms with E-state index in [1.165, 1.54) is 0 Å². The van der Waals surface area contributed by atoms with Gasteiger partial charge in [0.25, 0.3) is 0 Å². The SMILES string of the molecule is Cc1nccn1-c1ccc(CNc2c(F)cc(C#N)cc2F)cn1. The van der Waals surface area contributed by atoms with Crippen molar-refractivity contribution >= 4 is 5.69 Å². The molecule has 0 aliphatic heterocycles. The fourth-order valence-electron chi connectivity index (χ4n) is 2.28. The fourth-order valence-corrected chi connectivity index (χ4v) is 2.28. The Balaban J connectivity index is 1.74. The van der Waals surface area contributed by atoms with Gasteiger partial charge in [0.2, 0.25) is 0 Å². The summed E-state index contributed by atoms with van der Waals surface area (Å²) < 4.78 is 29.5. The van der Waals surface area contributed by atoms with Crippen LogP contribution in [0, 0.1) is 29.9 Å². The average molecular weight is 325 g/mol. The summed E-state index contributed by atoms with van der Waals surface area (Å²) in [7, 11) is 0. The summed E-state index contributed by atoms with van der Waals surface area (Å²) in [6.07, 6.45) is 5.11. The molecular formula is C17H13F2N5. The van der Waals surface area contributed by atoms with Gasteiger partial charge in [-0.3, -0.25) is 4.57 Å². The molecule has 3 aromatic rings. The molecule has 5 nitrogen and oxygen atoms in total. The fraction of sp³-hybridized carbons (Fsp3) is 0.118. The summed E-state index contributed by atoms with van der Waals surface area (Å²) in [5.74, 6) is -0.0741. The summed E-state index contributed by atoms with van der Waals surface area (Å²) in [4.78, 5) is 8.45. The second kappa shape index (κ2) is 6.46. The molecule has 0 atom stereocenters. The van der Waals surface area contributed by atoms with Crippen molar-refractivity contribution in [1.29, 1.82) is 5.26 Å². The van der Waals surface area contributed by atoms with Gasteiger partial charge < -0.3 is 5.32 Å². The molecule has 0 unspecified atom stereocenters. The van der Waals surface area contributed by atoms with Gasteiger partial charge in [-0.25, -0.2) is 18.7 Å². The molecule has 0 bridgehead atoms. The molecule has 1 aromatic carbocycles. The zero-order chi connectivity index (χ0) is 17.1. The van der Waals surface area contributed by atoms with Crippen LogP contribution >= 0.6 is 0 Å². The Kier molecular flexibility index (Phi) is 4.20. The molecule has 0 saturated heterocycles. The predicted octanol–water partition coefficient (Wildman–Crippen LogP) is 3.34. The smallest absolute Gasteiger partial charge is 0.150 e. The molecule has 2 aromatic heterocycles. The second-order valence-corrected chi connectivity index (χ2v) is 5.15. The van der Waals surface area contributed by atoms with Crippen LogP contribution < -0.4 is 5.32 Å². The summed E-state index contributed by atoms with van der Waals surface area (Å²) in [6, 6.07) is 7.31. The van der Waals surface area contributed by atoms with E-state index >= 15 is 0 Å². The molecule has 0 spiro atoms. The standard InChI is InChI=1S/C17H13F2N5/c1-11-21-4-5-24(11)16-3-2-12(9-22-16)10-23-17-14(18)6-13(8-20)7-15(17)19/h2-7,9,23H,10H2,1H3. The zero-order valence-electron chi connectivity index (χ0n) is 12.8. The lowest BCUT2D eigenvalue weighted by Crippen LogP contribution is -2.06. The van der Waals surface area contributed by atoms with E-state index in [9.17, 15) is 8.78 Å². The Hall–Kier alpha value is -3.27. The van der Waals surface area contributed by atoms with E-state index in [2.05, 4.69) is 15.3 Å². The first kappa shape index (κ1) is 15.6. The van der Waals surface area contributed by atoms with E-state index in [0.29, 0.717) is 5.82 Å². The number of pyridine rings is 1. The number of nitriles is 1. The van der Waals surface area contributed by atoms with E-state index in [1.54, 1.807) is 30.7 Å². The average Bonchev–Trinajstić information content (AvgIpc) is 3.00. The van der Waals surface area contributed by atoms with Crippen LogP contribution in [0.1, 0.15) is 17.0 Å². The number of anilines is 1. The summed E-state index contributed by atoms with van der Waals surface area (Å²) in [5, 5.41) is 11.4. The van der Waals surface area contributed by atoms with Gasteiger partial charge in [-0.05, 0) is 30.7 Å². The van der Waals surface area contributed by atoms with Gasteiger partial charge >= 0.3 is 0 Å². The summed E-state index contributed by atoms with van der Waals surface area (Å²) in [5.41, 5.74) is 0.445. The Morgan fingerprint density at radius 3 is 2.50 bits per heavy atom. The van der Waals surface area contributed by atoms with E-state index in [1.807, 2.05) is 17.6 Å². The number of nitrogens with one attached hydrogen (secondary N) is 1. The van der Waals surface area contributed by atoms with Crippen molar-refractivity contribution in [3.63, 3.8) is 0 Å². The van der Waals surface area contributed by atoms with Gasteiger partial charge in [0.1, 0.15) is 17.3 Å². The maximum Gasteiger partial charge on any atom is 0.150 e. The van der Waals surface area contributed by atoms with Gasteiger partial charge in [0, 0.05) is 25.1 Å². The Morgan fingerprint density at radius 2 is 1.96 bits per heavy atom. The number of rotatable bonds is 4. The van der Waals surface area contributed by atoms with Crippen molar-refractivity contribution in [3.8, 4) is 11.9 Å². The van der Waals surface area contributed by atoms with Crippen LogP contribution in [-0.2, 0) is 6.54 Å². The highest BCUT2D eigenvalue weighted by Crippen LogP contribution is 2.21. The van der Waals surface area contributed by atoms with Gasteiger partial charge in [-0.1, -0.05) is 6.07 Å². The first-order valence-corrected chi connectivity index (χ1v) is 7.17. The van der Waals surface area contributed by atoms with Crippen LogP contribution in [0.4, 0.5) is 14.5 Å². The molecule has 24 heavy (non-hydrogen) atoms. The lowest BCUT2D eigenvalue weighted by molar-refractivity contribution is 0.587. The van der Waals surface area contributed by atoms with E-state index in [0.717, 1.165) is 23.5 Å². The van der Waals surface area contributed by atoms with Crippen LogP contribution in [0.2, 0.25) is 0 Å². The van der Waals surface area contributed by atoms with Gasteiger partial charge in [-0.15, -0.1) is 0 Å². The molecule has 3 rings (SSSR count). The molecular weight excluding hydrogens is 312 g/mol. The molecule has 2 heterocycles. The molecule has 0 fully saturated rings. The van der Waals surface area contributed by atoms with Crippen LogP contribution in [0.15, 0.2) is 42.9 Å². The lowest BCUT2D eigenvalue weighted by atomic mass is 10.2. The monoisotopic (exact) mass is 325 g/mol. The van der Waals surface area contributed by atoms with Gasteiger partial charge in [0.05, 0.1) is 11.6 Å². The highest BCUT2D eigenvalue weighted by Gasteiger charge is 2.11. The highest BCUT2D eigenvalue weighted by molar-refractivity contribution is 5.50. The minimum absolute atomic E-state index is 0.0581. The molecule has 0 amide bonds. The Bertz CT molecular complexity index is 886. The number of nitrogens with zero attached hydrogens (tertiary/aromatic N) is 4. The van der Waals surface area contributed by atoms with Crippen molar-refractivity contribution < 1.29 is 8.78 Å². The number of benzene rings is 1. The number of hydrogen-bond donors (Lipinski definition) is 1. The quantitative estimate of drug-likeness (QED) is 0.799. The highest BCUT2D eigenvalue weighted by atomic mass is 19.1. The molecule has 0 saturated carbocycles. The van der Waals surface area contributed by atoms with Gasteiger partial charge in [0.15, 0.2) is 11.6 Å². The first-order chi connectivity index (χ1) is 11.6. The maximum absolute atomic E-state index is 13.8. The van der Waals surface area contributed by atoms with E-state index in [4.69, 9.17) is 5.26 Å². The number of hydrogen-bond acceptors (Lipinski definition) is 4. The van der Waals surface area contributed by atoms with Crippen molar-refractivity contribution in [3.05, 3.63) is 71.4 Å². The van der Waals surface area contributed by atoms with E-state index in [-0.39, 0.29) is 17.8 Å². The lowest BCUT2D eigenvalue weighted by Gasteiger charge is -2.10. The van der Waals surface area contributed by atoms with Gasteiger partial charge in [-0.2, -0.15) is 5.26 Å². The van der Waals surface area contributed by atoms with Crippen LogP contribution in [-0.4, -0.2) is 14.5 Å². The molecule has 1 N–H and O–H groups in total. The number of aryl methyl sites for hydroxylation is 1. The Labute approximate surface area is 137 Å². The third-order valence-corrected chi connectivity index (χ3v) is 3.52. The van der Waals surface area contributed by atoms with Crippen molar-refractivity contribution in [1.82, 2.24) is 14.5 Å². The van der Waals surface area contributed by atoms with E-state index < -0.39 is 11.6 Å². The minimum Gasteiger partial charge on any atom is -0.376 e. The predicted molar refractivity (Wildman–Crippen MR) is 84.5 cm³/mol. The minimum atomic E-state index is -0.801. The van der Waals surface area contributed by atoms with Crippen LogP contribution in [0.3, 0.4) is 0 Å². The molecule has 120 valence electrons. The van der Waals surface area contributed by atoms with Crippen molar-refractivity contribution in [2.75, 3.05) is 5.32 Å². The maximum atomic E-state index is 13.8.